The van der Waals surface area contributed by atoms with Crippen LogP contribution in [0, 0.1) is 5.92 Å². The zero-order valence-corrected chi connectivity index (χ0v) is 16.6. The Morgan fingerprint density at radius 2 is 1.71 bits per heavy atom. The third-order valence-corrected chi connectivity index (χ3v) is 4.20. The van der Waals surface area contributed by atoms with Gasteiger partial charge in [0, 0.05) is 17.8 Å². The third kappa shape index (κ3) is 7.00. The second kappa shape index (κ2) is 11.0. The largest absolute Gasteiger partial charge is 0.463 e. The van der Waals surface area contributed by atoms with Crippen LogP contribution in [0.4, 0.5) is 5.69 Å². The first kappa shape index (κ1) is 21.4. The molecule has 1 atom stereocenters. The van der Waals surface area contributed by atoms with E-state index < -0.39 is 0 Å². The fraction of sp³-hybridized carbons (Fsp3) is 0.304. The van der Waals surface area contributed by atoms with Crippen LogP contribution >= 0.6 is 0 Å². The van der Waals surface area contributed by atoms with Crippen molar-refractivity contribution in [2.75, 3.05) is 18.5 Å². The van der Waals surface area contributed by atoms with E-state index in [2.05, 4.69) is 36.6 Å². The van der Waals surface area contributed by atoms with E-state index in [9.17, 15) is 9.59 Å². The number of esters is 1. The molecule has 5 heteroatoms. The van der Waals surface area contributed by atoms with Crippen molar-refractivity contribution in [1.29, 1.82) is 0 Å². The van der Waals surface area contributed by atoms with Crippen molar-refractivity contribution in [3.8, 4) is 0 Å². The van der Waals surface area contributed by atoms with E-state index in [1.165, 1.54) is 11.6 Å². The van der Waals surface area contributed by atoms with Gasteiger partial charge in [-0.2, -0.15) is 0 Å². The molecule has 0 saturated heterocycles. The van der Waals surface area contributed by atoms with Crippen molar-refractivity contribution in [1.82, 2.24) is 5.32 Å². The minimum absolute atomic E-state index is 0.101. The molecule has 0 fully saturated rings. The van der Waals surface area contributed by atoms with E-state index in [1.807, 2.05) is 30.3 Å². The molecule has 1 amide bonds. The molecule has 0 aliphatic rings. The van der Waals surface area contributed by atoms with E-state index in [-0.39, 0.29) is 24.5 Å². The van der Waals surface area contributed by atoms with E-state index in [0.717, 1.165) is 5.56 Å². The Bertz CT molecular complexity index is 783. The number of carbonyl (C=O) groups excluding carboxylic acids is 2. The molecule has 0 radical (unpaired) electrons. The lowest BCUT2D eigenvalue weighted by atomic mass is 9.96. The third-order valence-electron chi connectivity index (χ3n) is 4.20. The summed E-state index contributed by atoms with van der Waals surface area (Å²) < 4.78 is 4.85. The predicted molar refractivity (Wildman–Crippen MR) is 113 cm³/mol. The van der Waals surface area contributed by atoms with Crippen molar-refractivity contribution >= 4 is 23.6 Å². The maximum atomic E-state index is 12.3. The molecule has 5 nitrogen and oxygen atoms in total. The van der Waals surface area contributed by atoms with Gasteiger partial charge in [-0.15, -0.1) is 0 Å². The second-order valence-corrected chi connectivity index (χ2v) is 6.77. The highest BCUT2D eigenvalue weighted by molar-refractivity contribution is 5.92. The average molecular weight is 380 g/mol. The molecule has 0 aromatic heterocycles. The molecule has 148 valence electrons. The lowest BCUT2D eigenvalue weighted by Crippen LogP contribution is -2.33. The highest BCUT2D eigenvalue weighted by Crippen LogP contribution is 2.21. The SMILES string of the molecule is CCOC(=O)/C=C/c1ccc(NC(=O)CN[C@@H](c2ccccc2)C(C)C)cc1. The fourth-order valence-electron chi connectivity index (χ4n) is 2.84. The van der Waals surface area contributed by atoms with Gasteiger partial charge in [0.15, 0.2) is 0 Å². The average Bonchev–Trinajstić information content (AvgIpc) is 2.68. The smallest absolute Gasteiger partial charge is 0.330 e. The van der Waals surface area contributed by atoms with Gasteiger partial charge in [-0.1, -0.05) is 56.3 Å². The maximum Gasteiger partial charge on any atom is 0.330 e. The van der Waals surface area contributed by atoms with Crippen LogP contribution in [0.1, 0.15) is 37.9 Å². The fourth-order valence-corrected chi connectivity index (χ4v) is 2.84. The first-order valence-corrected chi connectivity index (χ1v) is 9.52. The number of rotatable bonds is 9. The molecule has 2 rings (SSSR count). The predicted octanol–water partition coefficient (Wildman–Crippen LogP) is 4.19. The monoisotopic (exact) mass is 380 g/mol. The van der Waals surface area contributed by atoms with Gasteiger partial charge in [-0.25, -0.2) is 4.79 Å². The van der Waals surface area contributed by atoms with Crippen LogP contribution in [0.15, 0.2) is 60.7 Å². The molecule has 28 heavy (non-hydrogen) atoms. The highest BCUT2D eigenvalue weighted by atomic mass is 16.5. The summed E-state index contributed by atoms with van der Waals surface area (Å²) in [6.07, 6.45) is 3.06. The number of hydrogen-bond donors (Lipinski definition) is 2. The molecule has 0 heterocycles. The van der Waals surface area contributed by atoms with Crippen molar-refractivity contribution in [2.24, 2.45) is 5.92 Å². The quantitative estimate of drug-likeness (QED) is 0.506. The zero-order chi connectivity index (χ0) is 20.4. The lowest BCUT2D eigenvalue weighted by Gasteiger charge is -2.22. The summed E-state index contributed by atoms with van der Waals surface area (Å²) in [5.74, 6) is -0.110. The highest BCUT2D eigenvalue weighted by Gasteiger charge is 2.16. The molecule has 0 spiro atoms. The number of nitrogens with one attached hydrogen (secondary N) is 2. The number of carbonyl (C=O) groups is 2. The number of hydrogen-bond acceptors (Lipinski definition) is 4. The number of anilines is 1. The minimum Gasteiger partial charge on any atom is -0.463 e. The Labute approximate surface area is 166 Å². The molecule has 0 saturated carbocycles. The van der Waals surface area contributed by atoms with Gasteiger partial charge in [0.05, 0.1) is 13.2 Å². The van der Waals surface area contributed by atoms with E-state index in [4.69, 9.17) is 4.74 Å². The summed E-state index contributed by atoms with van der Waals surface area (Å²) in [5.41, 5.74) is 2.73. The Hall–Kier alpha value is -2.92. The Kier molecular flexibility index (Phi) is 8.43. The summed E-state index contributed by atoms with van der Waals surface area (Å²) in [6.45, 7) is 6.60. The molecule has 0 bridgehead atoms. The Balaban J connectivity index is 1.88. The number of benzene rings is 2. The number of amides is 1. The topological polar surface area (TPSA) is 67.4 Å². The van der Waals surface area contributed by atoms with Crippen molar-refractivity contribution < 1.29 is 14.3 Å². The first-order chi connectivity index (χ1) is 13.5. The summed E-state index contributed by atoms with van der Waals surface area (Å²) in [4.78, 5) is 23.6. The molecule has 2 aromatic carbocycles. The van der Waals surface area contributed by atoms with Gasteiger partial charge in [0.1, 0.15) is 0 Å². The molecule has 2 aromatic rings. The zero-order valence-electron chi connectivity index (χ0n) is 16.6. The van der Waals surface area contributed by atoms with Gasteiger partial charge in [0.2, 0.25) is 5.91 Å². The minimum atomic E-state index is -0.371. The van der Waals surface area contributed by atoms with Gasteiger partial charge >= 0.3 is 5.97 Å². The van der Waals surface area contributed by atoms with Crippen LogP contribution in [-0.2, 0) is 14.3 Å². The van der Waals surface area contributed by atoms with E-state index in [0.29, 0.717) is 18.2 Å². The Morgan fingerprint density at radius 1 is 1.04 bits per heavy atom. The number of ether oxygens (including phenoxy) is 1. The van der Waals surface area contributed by atoms with Gasteiger partial charge < -0.3 is 15.4 Å². The van der Waals surface area contributed by atoms with Crippen LogP contribution in [0.25, 0.3) is 6.08 Å². The van der Waals surface area contributed by atoms with E-state index >= 15 is 0 Å². The summed E-state index contributed by atoms with van der Waals surface area (Å²) in [5, 5.41) is 6.22. The lowest BCUT2D eigenvalue weighted by molar-refractivity contribution is -0.137. The van der Waals surface area contributed by atoms with Crippen molar-refractivity contribution in [3.05, 3.63) is 71.8 Å². The maximum absolute atomic E-state index is 12.3. The van der Waals surface area contributed by atoms with Gasteiger partial charge in [-0.3, -0.25) is 4.79 Å². The van der Waals surface area contributed by atoms with Crippen LogP contribution < -0.4 is 10.6 Å². The summed E-state index contributed by atoms with van der Waals surface area (Å²) in [6, 6.07) is 17.5. The normalized spacial score (nSPS) is 12.1. The first-order valence-electron chi connectivity index (χ1n) is 9.52. The Morgan fingerprint density at radius 3 is 2.32 bits per heavy atom. The molecule has 2 N–H and O–H groups in total. The summed E-state index contributed by atoms with van der Waals surface area (Å²) in [7, 11) is 0. The molecule has 0 unspecified atom stereocenters. The molecule has 0 aliphatic heterocycles. The van der Waals surface area contributed by atoms with Crippen LogP contribution in [0.5, 0.6) is 0 Å². The second-order valence-electron chi connectivity index (χ2n) is 6.77. The van der Waals surface area contributed by atoms with Gasteiger partial charge in [-0.05, 0) is 42.2 Å². The molecule has 0 aliphatic carbocycles. The van der Waals surface area contributed by atoms with Crippen molar-refractivity contribution in [3.63, 3.8) is 0 Å². The standard InChI is InChI=1S/C23H28N2O3/c1-4-28-22(27)15-12-18-10-13-20(14-11-18)25-21(26)16-24-23(17(2)3)19-8-6-5-7-9-19/h5-15,17,23-24H,4,16H2,1-3H3,(H,25,26)/b15-12+/t23-/m1/s1. The van der Waals surface area contributed by atoms with Crippen molar-refractivity contribution in [2.45, 2.75) is 26.8 Å². The van der Waals surface area contributed by atoms with E-state index in [1.54, 1.807) is 25.1 Å². The van der Waals surface area contributed by atoms with Crippen LogP contribution in [0.3, 0.4) is 0 Å². The van der Waals surface area contributed by atoms with Crippen LogP contribution in [-0.4, -0.2) is 25.0 Å². The van der Waals surface area contributed by atoms with Gasteiger partial charge in [0.25, 0.3) is 0 Å². The molecular formula is C23H28N2O3. The van der Waals surface area contributed by atoms with Crippen LogP contribution in [0.2, 0.25) is 0 Å². The molecular weight excluding hydrogens is 352 g/mol. The summed E-state index contributed by atoms with van der Waals surface area (Å²) >= 11 is 0.